The van der Waals surface area contributed by atoms with Crippen molar-refractivity contribution in [1.29, 1.82) is 0 Å². The lowest BCUT2D eigenvalue weighted by Crippen LogP contribution is -2.51. The van der Waals surface area contributed by atoms with Crippen molar-refractivity contribution in [3.63, 3.8) is 0 Å². The third kappa shape index (κ3) is 3.62. The van der Waals surface area contributed by atoms with Crippen LogP contribution in [0.4, 0.5) is 0 Å². The molecule has 0 unspecified atom stereocenters. The number of nitrogens with zero attached hydrogens (tertiary/aromatic N) is 6. The molecule has 2 aromatic heterocycles. The lowest BCUT2D eigenvalue weighted by Gasteiger charge is -2.33. The molecule has 0 spiro atoms. The number of piperazine rings is 1. The van der Waals surface area contributed by atoms with Crippen molar-refractivity contribution < 1.29 is 13.2 Å². The van der Waals surface area contributed by atoms with Gasteiger partial charge in [-0.1, -0.05) is 0 Å². The van der Waals surface area contributed by atoms with Crippen molar-refractivity contribution >= 4 is 31.9 Å². The second-order valence-corrected chi connectivity index (χ2v) is 8.66. The first-order valence-corrected chi connectivity index (χ1v) is 9.97. The van der Waals surface area contributed by atoms with Crippen LogP contribution in [0.25, 0.3) is 0 Å². The van der Waals surface area contributed by atoms with Crippen molar-refractivity contribution in [1.82, 2.24) is 28.8 Å². The van der Waals surface area contributed by atoms with Crippen LogP contribution in [-0.2, 0) is 28.4 Å². The van der Waals surface area contributed by atoms with E-state index in [1.165, 1.54) is 21.4 Å². The van der Waals surface area contributed by atoms with E-state index in [-0.39, 0.29) is 30.4 Å². The van der Waals surface area contributed by atoms with Gasteiger partial charge in [0.1, 0.15) is 11.4 Å². The molecule has 0 aliphatic carbocycles. The highest BCUT2D eigenvalue weighted by atomic mass is 79.9. The van der Waals surface area contributed by atoms with Gasteiger partial charge in [-0.3, -0.25) is 14.2 Å². The summed E-state index contributed by atoms with van der Waals surface area (Å²) in [6, 6.07) is 0. The highest BCUT2D eigenvalue weighted by molar-refractivity contribution is 9.10. The van der Waals surface area contributed by atoms with Gasteiger partial charge in [0.25, 0.3) is 0 Å². The lowest BCUT2D eigenvalue weighted by atomic mass is 10.3. The molecule has 11 heteroatoms. The maximum Gasteiger partial charge on any atom is 0.246 e. The van der Waals surface area contributed by atoms with Crippen LogP contribution in [0.5, 0.6) is 0 Å². The first kappa shape index (κ1) is 18.1. The Hall–Kier alpha value is -1.72. The second-order valence-electron chi connectivity index (χ2n) is 5.87. The summed E-state index contributed by atoms with van der Waals surface area (Å²) in [5.41, 5.74) is 0.881. The maximum absolute atomic E-state index is 12.6. The van der Waals surface area contributed by atoms with Crippen molar-refractivity contribution in [2.24, 2.45) is 7.05 Å². The van der Waals surface area contributed by atoms with E-state index in [9.17, 15) is 13.2 Å². The minimum Gasteiger partial charge on any atom is -0.338 e. The number of sulfonamides is 1. The van der Waals surface area contributed by atoms with Gasteiger partial charge < -0.3 is 4.90 Å². The molecule has 0 aromatic carbocycles. The number of amides is 1. The van der Waals surface area contributed by atoms with Crippen molar-refractivity contribution in [2.75, 3.05) is 26.2 Å². The van der Waals surface area contributed by atoms with E-state index in [0.717, 1.165) is 10.2 Å². The first-order chi connectivity index (χ1) is 11.8. The molecule has 9 nitrogen and oxygen atoms in total. The fourth-order valence-electron chi connectivity index (χ4n) is 2.67. The average Bonchev–Trinajstić information content (AvgIpc) is 3.16. The zero-order valence-electron chi connectivity index (χ0n) is 14.0. The van der Waals surface area contributed by atoms with E-state index in [0.29, 0.717) is 13.1 Å². The van der Waals surface area contributed by atoms with Crippen LogP contribution in [0, 0.1) is 6.92 Å². The van der Waals surface area contributed by atoms with Gasteiger partial charge in [-0.05, 0) is 22.9 Å². The fourth-order valence-corrected chi connectivity index (χ4v) is 4.37. The normalized spacial score (nSPS) is 16.4. The van der Waals surface area contributed by atoms with Crippen LogP contribution < -0.4 is 0 Å². The molecule has 0 radical (unpaired) electrons. The molecule has 0 N–H and O–H groups in total. The number of carbonyl (C=O) groups excluding carboxylic acids is 1. The Labute approximate surface area is 154 Å². The predicted octanol–water partition coefficient (Wildman–Crippen LogP) is 0.221. The molecule has 3 rings (SSSR count). The van der Waals surface area contributed by atoms with Gasteiger partial charge in [0.05, 0.1) is 22.6 Å². The number of carbonyl (C=O) groups is 1. The number of hydrogen-bond acceptors (Lipinski definition) is 5. The molecular formula is C14H19BrN6O3S. The van der Waals surface area contributed by atoms with E-state index in [1.807, 2.05) is 6.92 Å². The van der Waals surface area contributed by atoms with Crippen molar-refractivity contribution in [3.05, 3.63) is 28.8 Å². The van der Waals surface area contributed by atoms with E-state index >= 15 is 0 Å². The van der Waals surface area contributed by atoms with Gasteiger partial charge in [0, 0.05) is 39.4 Å². The number of hydrogen-bond donors (Lipinski definition) is 0. The molecule has 25 heavy (non-hydrogen) atoms. The maximum atomic E-state index is 12.6. The van der Waals surface area contributed by atoms with Crippen LogP contribution in [-0.4, -0.2) is 69.3 Å². The van der Waals surface area contributed by atoms with Gasteiger partial charge in [-0.2, -0.15) is 14.5 Å². The number of aryl methyl sites for hydroxylation is 1. The van der Waals surface area contributed by atoms with Gasteiger partial charge in [-0.25, -0.2) is 8.42 Å². The Morgan fingerprint density at radius 3 is 2.40 bits per heavy atom. The van der Waals surface area contributed by atoms with Crippen molar-refractivity contribution in [3.8, 4) is 0 Å². The molecular weight excluding hydrogens is 412 g/mol. The fraction of sp³-hybridized carbons (Fsp3) is 0.500. The molecule has 1 saturated heterocycles. The summed E-state index contributed by atoms with van der Waals surface area (Å²) in [5.74, 6) is -0.0721. The van der Waals surface area contributed by atoms with Crippen molar-refractivity contribution in [2.45, 2.75) is 18.4 Å². The van der Waals surface area contributed by atoms with Crippen LogP contribution in [0.2, 0.25) is 0 Å². The predicted molar refractivity (Wildman–Crippen MR) is 93.2 cm³/mol. The van der Waals surface area contributed by atoms with Gasteiger partial charge >= 0.3 is 0 Å². The van der Waals surface area contributed by atoms with E-state index in [2.05, 4.69) is 26.1 Å². The summed E-state index contributed by atoms with van der Waals surface area (Å²) < 4.78 is 30.5. The first-order valence-electron chi connectivity index (χ1n) is 7.73. The average molecular weight is 431 g/mol. The van der Waals surface area contributed by atoms with Gasteiger partial charge in [0.2, 0.25) is 15.9 Å². The lowest BCUT2D eigenvalue weighted by molar-refractivity contribution is -0.133. The molecule has 1 aliphatic heterocycles. The Kier molecular flexibility index (Phi) is 4.98. The molecule has 0 atom stereocenters. The van der Waals surface area contributed by atoms with E-state index < -0.39 is 10.0 Å². The topological polar surface area (TPSA) is 93.3 Å². The molecule has 0 saturated carbocycles. The summed E-state index contributed by atoms with van der Waals surface area (Å²) >= 11 is 3.37. The summed E-state index contributed by atoms with van der Waals surface area (Å²) in [7, 11) is -1.89. The minimum absolute atomic E-state index is 0.0721. The minimum atomic E-state index is -3.56. The summed E-state index contributed by atoms with van der Waals surface area (Å²) in [6.45, 7) is 3.28. The van der Waals surface area contributed by atoms with Gasteiger partial charge in [0.15, 0.2) is 0 Å². The zero-order chi connectivity index (χ0) is 18.2. The Bertz CT molecular complexity index is 882. The molecule has 1 fully saturated rings. The standard InChI is InChI=1S/C14H19BrN6O3S/c1-11-13(15)8-17-21(11)10-14(22)19-3-5-20(6-4-19)25(23,24)12-7-16-18(2)9-12/h7-9H,3-6,10H2,1-2H3. The smallest absolute Gasteiger partial charge is 0.246 e. The summed E-state index contributed by atoms with van der Waals surface area (Å²) in [6.07, 6.45) is 4.47. The molecule has 3 heterocycles. The Morgan fingerprint density at radius 2 is 1.88 bits per heavy atom. The number of aromatic nitrogens is 4. The van der Waals surface area contributed by atoms with Crippen LogP contribution in [0.1, 0.15) is 5.69 Å². The van der Waals surface area contributed by atoms with Crippen LogP contribution in [0.3, 0.4) is 0 Å². The largest absolute Gasteiger partial charge is 0.338 e. The third-order valence-electron chi connectivity index (χ3n) is 4.24. The summed E-state index contributed by atoms with van der Waals surface area (Å²) in [4.78, 5) is 14.3. The monoisotopic (exact) mass is 430 g/mol. The second kappa shape index (κ2) is 6.89. The Morgan fingerprint density at radius 1 is 1.20 bits per heavy atom. The van der Waals surface area contributed by atoms with Crippen LogP contribution in [0.15, 0.2) is 28.0 Å². The SMILES string of the molecule is Cc1c(Br)cnn1CC(=O)N1CCN(S(=O)(=O)c2cnn(C)c2)CC1. The molecule has 136 valence electrons. The molecule has 1 amide bonds. The third-order valence-corrected chi connectivity index (χ3v) is 6.87. The van der Waals surface area contributed by atoms with E-state index in [1.54, 1.807) is 22.8 Å². The summed E-state index contributed by atoms with van der Waals surface area (Å²) in [5, 5.41) is 8.06. The molecule has 2 aromatic rings. The molecule has 1 aliphatic rings. The quantitative estimate of drug-likeness (QED) is 0.691. The number of halogens is 1. The highest BCUT2D eigenvalue weighted by Crippen LogP contribution is 2.18. The van der Waals surface area contributed by atoms with Crippen LogP contribution >= 0.6 is 15.9 Å². The van der Waals surface area contributed by atoms with E-state index in [4.69, 9.17) is 0 Å². The number of rotatable bonds is 4. The zero-order valence-corrected chi connectivity index (χ0v) is 16.4. The molecule has 0 bridgehead atoms. The Balaban J connectivity index is 1.61. The van der Waals surface area contributed by atoms with Gasteiger partial charge in [-0.15, -0.1) is 0 Å². The highest BCUT2D eigenvalue weighted by Gasteiger charge is 2.31.